The highest BCUT2D eigenvalue weighted by atomic mass is 19.1. The van der Waals surface area contributed by atoms with Gasteiger partial charge in [-0.2, -0.15) is 0 Å². The number of aryl methyl sites for hydroxylation is 2. The van der Waals surface area contributed by atoms with Crippen molar-refractivity contribution < 1.29 is 13.6 Å². The predicted molar refractivity (Wildman–Crippen MR) is 87.1 cm³/mol. The monoisotopic (exact) mass is 309 g/mol. The number of halogens is 1. The van der Waals surface area contributed by atoms with Gasteiger partial charge >= 0.3 is 0 Å². The van der Waals surface area contributed by atoms with E-state index in [0.717, 1.165) is 18.2 Å². The smallest absolute Gasteiger partial charge is 0.230 e. The van der Waals surface area contributed by atoms with Crippen LogP contribution in [0.25, 0.3) is 11.0 Å². The molecule has 116 valence electrons. The average Bonchev–Trinajstić information content (AvgIpc) is 2.88. The molecule has 1 aromatic heterocycles. The van der Waals surface area contributed by atoms with Crippen molar-refractivity contribution in [3.05, 3.63) is 64.7 Å². The Hall–Kier alpha value is -2.62. The van der Waals surface area contributed by atoms with Gasteiger partial charge in [-0.25, -0.2) is 4.39 Å². The Labute approximate surface area is 132 Å². The fourth-order valence-electron chi connectivity index (χ4n) is 3.27. The van der Waals surface area contributed by atoms with E-state index in [1.807, 2.05) is 12.1 Å². The zero-order valence-corrected chi connectivity index (χ0v) is 12.6. The number of carbonyl (C=O) groups excluding carboxylic acids is 1. The number of hydrogen-bond acceptors (Lipinski definition) is 3. The van der Waals surface area contributed by atoms with Gasteiger partial charge in [0, 0.05) is 10.9 Å². The molecule has 2 aromatic carbocycles. The fourth-order valence-corrected chi connectivity index (χ4v) is 3.27. The molecule has 0 fully saturated rings. The van der Waals surface area contributed by atoms with Crippen LogP contribution in [0.1, 0.15) is 40.1 Å². The Morgan fingerprint density at radius 1 is 1.09 bits per heavy atom. The van der Waals surface area contributed by atoms with E-state index >= 15 is 0 Å². The highest BCUT2D eigenvalue weighted by Gasteiger charge is 2.22. The third kappa shape index (κ3) is 2.31. The van der Waals surface area contributed by atoms with Crippen molar-refractivity contribution in [2.75, 3.05) is 5.73 Å². The molecule has 4 rings (SSSR count). The number of carbonyl (C=O) groups is 1. The lowest BCUT2D eigenvalue weighted by Crippen LogP contribution is -2.03. The van der Waals surface area contributed by atoms with Crippen LogP contribution in [0.4, 0.5) is 10.1 Å². The predicted octanol–water partition coefficient (Wildman–Crippen LogP) is 4.26. The Bertz CT molecular complexity index is 927. The number of nitrogens with two attached hydrogens (primary N) is 1. The second-order valence-corrected chi connectivity index (χ2v) is 6.01. The minimum atomic E-state index is -0.457. The first-order valence-electron chi connectivity index (χ1n) is 7.77. The normalized spacial score (nSPS) is 14.0. The lowest BCUT2D eigenvalue weighted by Gasteiger charge is -2.14. The molecule has 0 amide bonds. The van der Waals surface area contributed by atoms with E-state index in [0.29, 0.717) is 11.3 Å². The van der Waals surface area contributed by atoms with Crippen LogP contribution in [0.2, 0.25) is 0 Å². The van der Waals surface area contributed by atoms with Gasteiger partial charge in [-0.15, -0.1) is 0 Å². The molecule has 2 N–H and O–H groups in total. The summed E-state index contributed by atoms with van der Waals surface area (Å²) in [6.45, 7) is 0. The second-order valence-electron chi connectivity index (χ2n) is 6.01. The van der Waals surface area contributed by atoms with Crippen LogP contribution < -0.4 is 5.73 Å². The molecule has 0 bridgehead atoms. The highest BCUT2D eigenvalue weighted by Crippen LogP contribution is 2.34. The summed E-state index contributed by atoms with van der Waals surface area (Å²) in [5, 5.41) is 0.769. The molecule has 0 aliphatic heterocycles. The lowest BCUT2D eigenvalue weighted by atomic mass is 9.90. The van der Waals surface area contributed by atoms with Gasteiger partial charge in [-0.1, -0.05) is 12.1 Å². The second kappa shape index (κ2) is 5.23. The maximum atomic E-state index is 13.3. The molecule has 0 radical (unpaired) electrons. The van der Waals surface area contributed by atoms with Crippen LogP contribution in [-0.2, 0) is 12.8 Å². The Morgan fingerprint density at radius 3 is 2.57 bits per heavy atom. The summed E-state index contributed by atoms with van der Waals surface area (Å²) >= 11 is 0. The van der Waals surface area contributed by atoms with Crippen molar-refractivity contribution in [2.24, 2.45) is 0 Å². The van der Waals surface area contributed by atoms with E-state index < -0.39 is 11.6 Å². The molecule has 3 nitrogen and oxygen atoms in total. The van der Waals surface area contributed by atoms with Gasteiger partial charge in [-0.05, 0) is 61.1 Å². The number of benzene rings is 2. The van der Waals surface area contributed by atoms with Crippen LogP contribution in [-0.4, -0.2) is 5.78 Å². The molecular weight excluding hydrogens is 293 g/mol. The van der Waals surface area contributed by atoms with Gasteiger partial charge in [0.25, 0.3) is 0 Å². The molecule has 3 aromatic rings. The largest absolute Gasteiger partial charge is 0.450 e. The summed E-state index contributed by atoms with van der Waals surface area (Å²) in [4.78, 5) is 12.6. The fraction of sp³-hybridized carbons (Fsp3) is 0.211. The van der Waals surface area contributed by atoms with Crippen molar-refractivity contribution in [3.8, 4) is 0 Å². The summed E-state index contributed by atoms with van der Waals surface area (Å²) in [6.07, 6.45) is 4.40. The minimum absolute atomic E-state index is 0.0907. The summed E-state index contributed by atoms with van der Waals surface area (Å²) in [5.41, 5.74) is 9.88. The number of rotatable bonds is 2. The molecule has 0 atom stereocenters. The topological polar surface area (TPSA) is 56.2 Å². The van der Waals surface area contributed by atoms with Crippen LogP contribution >= 0.6 is 0 Å². The third-order valence-corrected chi connectivity index (χ3v) is 4.48. The molecule has 23 heavy (non-hydrogen) atoms. The summed E-state index contributed by atoms with van der Waals surface area (Å²) in [6, 6.07) is 9.57. The van der Waals surface area contributed by atoms with E-state index in [1.54, 1.807) is 6.07 Å². The van der Waals surface area contributed by atoms with Crippen LogP contribution in [0, 0.1) is 5.82 Å². The van der Waals surface area contributed by atoms with Gasteiger partial charge in [0.2, 0.25) is 5.78 Å². The Morgan fingerprint density at radius 2 is 1.83 bits per heavy atom. The van der Waals surface area contributed by atoms with Gasteiger partial charge < -0.3 is 10.2 Å². The maximum absolute atomic E-state index is 13.3. The van der Waals surface area contributed by atoms with Gasteiger partial charge in [0.05, 0.1) is 5.69 Å². The molecule has 1 heterocycles. The zero-order valence-electron chi connectivity index (χ0n) is 12.6. The number of hydrogen-bond donors (Lipinski definition) is 1. The molecule has 0 saturated heterocycles. The maximum Gasteiger partial charge on any atom is 0.230 e. The number of nitrogen functional groups attached to an aromatic ring is 1. The van der Waals surface area contributed by atoms with E-state index in [4.69, 9.17) is 10.2 Å². The van der Waals surface area contributed by atoms with Crippen molar-refractivity contribution in [1.29, 1.82) is 0 Å². The lowest BCUT2D eigenvalue weighted by molar-refractivity contribution is 0.101. The first-order valence-corrected chi connectivity index (χ1v) is 7.77. The SMILES string of the molecule is Nc1c(C(=O)c2cccc(F)c2)oc2cc3c(cc12)CCCC3. The van der Waals surface area contributed by atoms with Gasteiger partial charge in [-0.3, -0.25) is 4.79 Å². The summed E-state index contributed by atoms with van der Waals surface area (Å²) in [5.74, 6) is -0.759. The first kappa shape index (κ1) is 14.0. The van der Waals surface area contributed by atoms with E-state index in [2.05, 4.69) is 0 Å². The molecule has 0 unspecified atom stereocenters. The van der Waals surface area contributed by atoms with Crippen molar-refractivity contribution in [2.45, 2.75) is 25.7 Å². The zero-order chi connectivity index (χ0) is 16.0. The summed E-state index contributed by atoms with van der Waals surface area (Å²) in [7, 11) is 0. The van der Waals surface area contributed by atoms with E-state index in [-0.39, 0.29) is 11.3 Å². The Balaban J connectivity index is 1.84. The molecule has 1 aliphatic rings. The third-order valence-electron chi connectivity index (χ3n) is 4.48. The number of anilines is 1. The first-order chi connectivity index (χ1) is 11.1. The minimum Gasteiger partial charge on any atom is -0.450 e. The number of ketones is 1. The van der Waals surface area contributed by atoms with Crippen molar-refractivity contribution in [3.63, 3.8) is 0 Å². The molecule has 0 spiro atoms. The molecule has 4 heteroatoms. The molecule has 1 aliphatic carbocycles. The van der Waals surface area contributed by atoms with E-state index in [1.165, 1.54) is 42.2 Å². The van der Waals surface area contributed by atoms with Crippen molar-refractivity contribution in [1.82, 2.24) is 0 Å². The average molecular weight is 309 g/mol. The molecule has 0 saturated carbocycles. The van der Waals surface area contributed by atoms with Crippen LogP contribution in [0.5, 0.6) is 0 Å². The van der Waals surface area contributed by atoms with Crippen molar-refractivity contribution >= 4 is 22.4 Å². The highest BCUT2D eigenvalue weighted by molar-refractivity contribution is 6.14. The summed E-state index contributed by atoms with van der Waals surface area (Å²) < 4.78 is 19.1. The number of fused-ring (bicyclic) bond motifs is 2. The number of furan rings is 1. The van der Waals surface area contributed by atoms with E-state index in [9.17, 15) is 9.18 Å². The Kier molecular flexibility index (Phi) is 3.18. The van der Waals surface area contributed by atoms with Crippen LogP contribution in [0.3, 0.4) is 0 Å². The van der Waals surface area contributed by atoms with Crippen LogP contribution in [0.15, 0.2) is 40.8 Å². The molecular formula is C19H16FNO2. The quantitative estimate of drug-likeness (QED) is 0.719. The van der Waals surface area contributed by atoms with Gasteiger partial charge in [0.15, 0.2) is 5.76 Å². The standard InChI is InChI=1S/C19H16FNO2/c20-14-7-3-6-13(8-14)18(22)19-17(21)15-9-11-4-1-2-5-12(11)10-16(15)23-19/h3,6-10H,1-2,4-5,21H2. The van der Waals surface area contributed by atoms with Gasteiger partial charge in [0.1, 0.15) is 11.4 Å².